The van der Waals surface area contributed by atoms with E-state index >= 15 is 0 Å². The van der Waals surface area contributed by atoms with E-state index in [9.17, 15) is 8.78 Å². The first-order valence-electron chi connectivity index (χ1n) is 4.02. The molecule has 0 aliphatic carbocycles. The number of halogens is 3. The highest BCUT2D eigenvalue weighted by Gasteiger charge is 2.14. The third-order valence-corrected chi connectivity index (χ3v) is 1.39. The van der Waals surface area contributed by atoms with Crippen molar-refractivity contribution in [3.05, 3.63) is 36.9 Å². The van der Waals surface area contributed by atoms with Crippen LogP contribution >= 0.6 is 11.8 Å². The van der Waals surface area contributed by atoms with Gasteiger partial charge in [0, 0.05) is 24.2 Å². The van der Waals surface area contributed by atoms with E-state index in [2.05, 4.69) is 25.6 Å². The maximum Gasteiger partial charge on any atom is 0.388 e. The van der Waals surface area contributed by atoms with Crippen molar-refractivity contribution in [2.75, 3.05) is 0 Å². The lowest BCUT2D eigenvalue weighted by molar-refractivity contribution is -0.103. The Morgan fingerprint density at radius 2 is 2.06 bits per heavy atom. The summed E-state index contributed by atoms with van der Waals surface area (Å²) in [6.07, 6.45) is 6.04. The van der Waals surface area contributed by atoms with Gasteiger partial charge in [0.15, 0.2) is 0 Å². The van der Waals surface area contributed by atoms with Gasteiger partial charge < -0.3 is 4.74 Å². The fourth-order valence-electron chi connectivity index (χ4n) is 0.686. The molecule has 0 atom stereocenters. The number of hydrogen-bond acceptors (Lipinski definition) is 6. The number of aromatic nitrogens is 2. The second-order valence-electron chi connectivity index (χ2n) is 2.31. The zero-order valence-electron chi connectivity index (χ0n) is 7.85. The van der Waals surface area contributed by atoms with E-state index in [1.165, 1.54) is 12.5 Å². The molecule has 0 unspecified atom stereocenters. The zero-order chi connectivity index (χ0) is 11.8. The molecule has 1 aliphatic heterocycles. The summed E-state index contributed by atoms with van der Waals surface area (Å²) in [7, 11) is 0. The number of nitrogens with one attached hydrogen (secondary N) is 2. The zero-order valence-corrected chi connectivity index (χ0v) is 8.60. The van der Waals surface area contributed by atoms with E-state index in [4.69, 9.17) is 11.8 Å². The number of alkyl halides is 2. The van der Waals surface area contributed by atoms with Gasteiger partial charge in [-0.3, -0.25) is 10.9 Å². The fraction of sp³-hybridized carbons (Fsp3) is 0.143. The standard InChI is InChI=1S/C4H4N2.C3H4ClF2N3O/c1-2-5-4-6-3-1;4-9-7-1-2(8-9)10-3(5)6/h1-4H;1,3,7-8H. The molecule has 88 valence electrons. The van der Waals surface area contributed by atoms with E-state index < -0.39 is 6.61 Å². The van der Waals surface area contributed by atoms with Crippen molar-refractivity contribution in [1.29, 1.82) is 0 Å². The number of hydrazine groups is 2. The van der Waals surface area contributed by atoms with Crippen LogP contribution in [-0.2, 0) is 4.74 Å². The predicted octanol–water partition coefficient (Wildman–Crippen LogP) is 0.980. The van der Waals surface area contributed by atoms with Crippen molar-refractivity contribution in [3.63, 3.8) is 0 Å². The van der Waals surface area contributed by atoms with E-state index in [1.54, 1.807) is 18.5 Å². The summed E-state index contributed by atoms with van der Waals surface area (Å²) in [5.41, 5.74) is 4.57. The summed E-state index contributed by atoms with van der Waals surface area (Å²) < 4.78 is 27.6. The van der Waals surface area contributed by atoms with Gasteiger partial charge in [-0.05, 0) is 10.7 Å². The van der Waals surface area contributed by atoms with Gasteiger partial charge in [0.25, 0.3) is 0 Å². The normalized spacial score (nSPS) is 14.4. The smallest absolute Gasteiger partial charge is 0.388 e. The van der Waals surface area contributed by atoms with Crippen molar-refractivity contribution >= 4 is 11.8 Å². The molecule has 2 rings (SSSR count). The Kier molecular flexibility index (Phi) is 5.23. The van der Waals surface area contributed by atoms with Crippen LogP contribution in [0.1, 0.15) is 0 Å². The third kappa shape index (κ3) is 5.27. The molecule has 0 amide bonds. The van der Waals surface area contributed by atoms with Gasteiger partial charge >= 0.3 is 6.61 Å². The van der Waals surface area contributed by atoms with Gasteiger partial charge in [-0.1, -0.05) is 0 Å². The van der Waals surface area contributed by atoms with Gasteiger partial charge in [-0.15, -0.1) is 0 Å². The Morgan fingerprint density at radius 1 is 1.38 bits per heavy atom. The van der Waals surface area contributed by atoms with Crippen LogP contribution in [0.3, 0.4) is 0 Å². The first-order chi connectivity index (χ1) is 7.68. The van der Waals surface area contributed by atoms with Crippen LogP contribution in [0.15, 0.2) is 36.9 Å². The van der Waals surface area contributed by atoms with Crippen LogP contribution in [0, 0.1) is 0 Å². The Labute approximate surface area is 94.9 Å². The van der Waals surface area contributed by atoms with Crippen LogP contribution < -0.4 is 10.9 Å². The number of nitrogens with zero attached hydrogens (tertiary/aromatic N) is 3. The summed E-state index contributed by atoms with van der Waals surface area (Å²) in [6.45, 7) is -2.84. The molecular formula is C7H8ClF2N5O. The molecule has 0 aromatic carbocycles. The molecule has 0 saturated carbocycles. The van der Waals surface area contributed by atoms with Gasteiger partial charge in [0.1, 0.15) is 6.33 Å². The van der Waals surface area contributed by atoms with Gasteiger partial charge in [0.2, 0.25) is 5.88 Å². The third-order valence-electron chi connectivity index (χ3n) is 1.21. The van der Waals surface area contributed by atoms with E-state index in [-0.39, 0.29) is 5.88 Å². The summed E-state index contributed by atoms with van der Waals surface area (Å²) in [4.78, 5) is 7.35. The Balaban J connectivity index is 0.000000181. The average molecular weight is 252 g/mol. The highest BCUT2D eigenvalue weighted by Crippen LogP contribution is 2.06. The first kappa shape index (κ1) is 12.4. The highest BCUT2D eigenvalue weighted by molar-refractivity contribution is 6.12. The van der Waals surface area contributed by atoms with Gasteiger partial charge in [0.05, 0.1) is 6.20 Å². The largest absolute Gasteiger partial charge is 0.416 e. The minimum Gasteiger partial charge on any atom is -0.416 e. The Hall–Kier alpha value is -1.67. The lowest BCUT2D eigenvalue weighted by Crippen LogP contribution is -2.30. The Morgan fingerprint density at radius 3 is 2.38 bits per heavy atom. The monoisotopic (exact) mass is 251 g/mol. The van der Waals surface area contributed by atoms with E-state index in [0.717, 1.165) is 4.64 Å². The molecule has 1 aliphatic rings. The van der Waals surface area contributed by atoms with Crippen molar-refractivity contribution in [2.45, 2.75) is 6.61 Å². The maximum atomic E-state index is 11.4. The molecule has 0 bridgehead atoms. The van der Waals surface area contributed by atoms with Crippen molar-refractivity contribution < 1.29 is 13.5 Å². The molecule has 1 aromatic rings. The SMILES string of the molecule is FC(F)OC1=CNN(Cl)N1.c1cncnc1. The number of rotatable bonds is 2. The van der Waals surface area contributed by atoms with Crippen LogP contribution in [0.25, 0.3) is 0 Å². The molecule has 2 N–H and O–H groups in total. The number of ether oxygens (including phenoxy) is 1. The van der Waals surface area contributed by atoms with Gasteiger partial charge in [-0.2, -0.15) is 8.78 Å². The Bertz CT molecular complexity index is 299. The summed E-state index contributed by atoms with van der Waals surface area (Å²) in [5, 5.41) is 0. The van der Waals surface area contributed by atoms with E-state index in [0.29, 0.717) is 0 Å². The van der Waals surface area contributed by atoms with E-state index in [1.807, 2.05) is 0 Å². The molecule has 0 spiro atoms. The molecule has 2 heterocycles. The van der Waals surface area contributed by atoms with Crippen molar-refractivity contribution in [2.24, 2.45) is 0 Å². The summed E-state index contributed by atoms with van der Waals surface area (Å²) >= 11 is 5.22. The van der Waals surface area contributed by atoms with Crippen LogP contribution in [0.4, 0.5) is 8.78 Å². The van der Waals surface area contributed by atoms with Crippen LogP contribution in [0.2, 0.25) is 0 Å². The lowest BCUT2D eigenvalue weighted by Gasteiger charge is -2.07. The van der Waals surface area contributed by atoms with Gasteiger partial charge in [-0.25, -0.2) is 9.97 Å². The molecular weight excluding hydrogens is 244 g/mol. The molecule has 9 heteroatoms. The molecule has 0 saturated heterocycles. The summed E-state index contributed by atoms with van der Waals surface area (Å²) in [6, 6.07) is 1.78. The minimum atomic E-state index is -2.84. The molecule has 0 fully saturated rings. The molecule has 0 radical (unpaired) electrons. The van der Waals surface area contributed by atoms with Crippen LogP contribution in [0.5, 0.6) is 0 Å². The fourth-order valence-corrected chi connectivity index (χ4v) is 0.818. The maximum absolute atomic E-state index is 11.4. The molecule has 6 nitrogen and oxygen atoms in total. The first-order valence-corrected chi connectivity index (χ1v) is 4.36. The lowest BCUT2D eigenvalue weighted by atomic mass is 10.7. The van der Waals surface area contributed by atoms with Crippen LogP contribution in [-0.4, -0.2) is 21.2 Å². The summed E-state index contributed by atoms with van der Waals surface area (Å²) in [5.74, 6) is -0.120. The molecule has 1 aromatic heterocycles. The highest BCUT2D eigenvalue weighted by atomic mass is 35.5. The second-order valence-corrected chi connectivity index (χ2v) is 2.65. The quantitative estimate of drug-likeness (QED) is 0.764. The van der Waals surface area contributed by atoms with Crippen molar-refractivity contribution in [1.82, 2.24) is 25.5 Å². The van der Waals surface area contributed by atoms with Crippen molar-refractivity contribution in [3.8, 4) is 0 Å². The molecule has 16 heavy (non-hydrogen) atoms. The second kappa shape index (κ2) is 6.75. The topological polar surface area (TPSA) is 62.3 Å². The average Bonchev–Trinajstić information content (AvgIpc) is 2.66. The number of hydrogen-bond donors (Lipinski definition) is 2. The predicted molar refractivity (Wildman–Crippen MR) is 51.2 cm³/mol. The minimum absolute atomic E-state index is 0.120.